The number of aryl methyl sites for hydroxylation is 1. The lowest BCUT2D eigenvalue weighted by atomic mass is 10.1. The van der Waals surface area contributed by atoms with Crippen molar-refractivity contribution in [2.75, 3.05) is 0 Å². The monoisotopic (exact) mass is 339 g/mol. The predicted molar refractivity (Wildman–Crippen MR) is 85.2 cm³/mol. The molecular weight excluding hydrogens is 325 g/mol. The zero-order chi connectivity index (χ0) is 17.0. The van der Waals surface area contributed by atoms with E-state index in [1.54, 1.807) is 10.7 Å². The maximum atomic E-state index is 13.8. The van der Waals surface area contributed by atoms with E-state index in [0.29, 0.717) is 34.7 Å². The van der Waals surface area contributed by atoms with E-state index in [1.165, 1.54) is 18.4 Å². The lowest BCUT2D eigenvalue weighted by Gasteiger charge is -1.97. The molecule has 25 heavy (non-hydrogen) atoms. The van der Waals surface area contributed by atoms with Gasteiger partial charge in [-0.2, -0.15) is 10.1 Å². The minimum absolute atomic E-state index is 0.221. The number of hydrogen-bond donors (Lipinski definition) is 0. The van der Waals surface area contributed by atoms with Gasteiger partial charge in [0.15, 0.2) is 11.6 Å². The molecule has 1 fully saturated rings. The molecule has 8 heteroatoms. The first-order chi connectivity index (χ1) is 12.2. The Morgan fingerprint density at radius 2 is 2.16 bits per heavy atom. The minimum Gasteiger partial charge on any atom is -0.464 e. The Morgan fingerprint density at radius 1 is 1.28 bits per heavy atom. The van der Waals surface area contributed by atoms with E-state index >= 15 is 0 Å². The van der Waals surface area contributed by atoms with E-state index in [-0.39, 0.29) is 11.7 Å². The van der Waals surface area contributed by atoms with Gasteiger partial charge < -0.3 is 8.94 Å². The van der Waals surface area contributed by atoms with E-state index in [1.807, 2.05) is 7.05 Å². The summed E-state index contributed by atoms with van der Waals surface area (Å²) >= 11 is 0. The summed E-state index contributed by atoms with van der Waals surface area (Å²) in [4.78, 5) is 8.93. The molecule has 1 saturated carbocycles. The van der Waals surface area contributed by atoms with Crippen LogP contribution in [0.15, 0.2) is 33.4 Å². The molecule has 0 amide bonds. The van der Waals surface area contributed by atoms with Crippen LogP contribution < -0.4 is 0 Å². The molecule has 0 spiro atoms. The van der Waals surface area contributed by atoms with Crippen molar-refractivity contribution in [3.8, 4) is 11.5 Å². The average Bonchev–Trinajstić information content (AvgIpc) is 2.99. The molecule has 0 unspecified atom stereocenters. The highest BCUT2D eigenvalue weighted by molar-refractivity contribution is 5.90. The summed E-state index contributed by atoms with van der Waals surface area (Å²) in [5.74, 6) is 2.45. The third kappa shape index (κ3) is 2.50. The van der Waals surface area contributed by atoms with Gasteiger partial charge in [0.1, 0.15) is 17.2 Å². The molecule has 1 aliphatic carbocycles. The predicted octanol–water partition coefficient (Wildman–Crippen LogP) is 3.22. The van der Waals surface area contributed by atoms with Gasteiger partial charge in [0, 0.05) is 18.4 Å². The molecule has 0 radical (unpaired) electrons. The minimum atomic E-state index is -0.383. The van der Waals surface area contributed by atoms with E-state index in [2.05, 4.69) is 20.2 Å². The summed E-state index contributed by atoms with van der Waals surface area (Å²) < 4.78 is 26.3. The normalized spacial score (nSPS) is 14.5. The van der Waals surface area contributed by atoms with Crippen molar-refractivity contribution in [1.82, 2.24) is 24.9 Å². The number of benzene rings is 1. The first-order valence-electron chi connectivity index (χ1n) is 8.07. The fourth-order valence-electron chi connectivity index (χ4n) is 2.89. The van der Waals surface area contributed by atoms with Gasteiger partial charge in [-0.15, -0.1) is 0 Å². The summed E-state index contributed by atoms with van der Waals surface area (Å²) in [6.07, 6.45) is 4.20. The Balaban J connectivity index is 1.48. The zero-order valence-electron chi connectivity index (χ0n) is 13.4. The number of halogens is 1. The second-order valence-corrected chi connectivity index (χ2v) is 6.27. The molecule has 0 bridgehead atoms. The lowest BCUT2D eigenvalue weighted by molar-refractivity contribution is 0.422. The molecule has 3 heterocycles. The van der Waals surface area contributed by atoms with Crippen molar-refractivity contribution >= 4 is 11.0 Å². The molecule has 0 aliphatic heterocycles. The second-order valence-electron chi connectivity index (χ2n) is 6.27. The SMILES string of the molecule is Cn1nc(C2CC2)nc1Cc1noc(-c2cc(F)cc3ccoc23)n1. The summed E-state index contributed by atoms with van der Waals surface area (Å²) in [6, 6.07) is 4.42. The van der Waals surface area contributed by atoms with Crippen LogP contribution in [-0.2, 0) is 13.5 Å². The van der Waals surface area contributed by atoms with Crippen molar-refractivity contribution in [3.63, 3.8) is 0 Å². The van der Waals surface area contributed by atoms with Crippen molar-refractivity contribution < 1.29 is 13.3 Å². The Kier molecular flexibility index (Phi) is 3.00. The second kappa shape index (κ2) is 5.23. The molecule has 0 atom stereocenters. The maximum absolute atomic E-state index is 13.8. The number of hydrogen-bond acceptors (Lipinski definition) is 6. The molecule has 5 rings (SSSR count). The van der Waals surface area contributed by atoms with Crippen LogP contribution in [0.3, 0.4) is 0 Å². The number of nitrogens with zero attached hydrogens (tertiary/aromatic N) is 5. The molecule has 1 aromatic carbocycles. The number of rotatable bonds is 4. The summed E-state index contributed by atoms with van der Waals surface area (Å²) in [7, 11) is 1.86. The smallest absolute Gasteiger partial charge is 0.261 e. The van der Waals surface area contributed by atoms with E-state index < -0.39 is 0 Å². The Labute approximate surface area is 141 Å². The van der Waals surface area contributed by atoms with Crippen LogP contribution in [0.25, 0.3) is 22.4 Å². The average molecular weight is 339 g/mol. The van der Waals surface area contributed by atoms with Crippen molar-refractivity contribution in [3.05, 3.63) is 47.8 Å². The molecule has 4 aromatic rings. The van der Waals surface area contributed by atoms with Crippen LogP contribution in [0.5, 0.6) is 0 Å². The maximum Gasteiger partial charge on any atom is 0.261 e. The van der Waals surface area contributed by atoms with Crippen LogP contribution in [0.2, 0.25) is 0 Å². The van der Waals surface area contributed by atoms with Crippen LogP contribution in [0.4, 0.5) is 4.39 Å². The molecule has 1 aliphatic rings. The summed E-state index contributed by atoms with van der Waals surface area (Å²) in [5.41, 5.74) is 0.960. The highest BCUT2D eigenvalue weighted by Gasteiger charge is 2.28. The Bertz CT molecular complexity index is 1080. The van der Waals surface area contributed by atoms with Gasteiger partial charge in [0.05, 0.1) is 18.2 Å². The quantitative estimate of drug-likeness (QED) is 0.568. The van der Waals surface area contributed by atoms with E-state index in [0.717, 1.165) is 24.5 Å². The van der Waals surface area contributed by atoms with Gasteiger partial charge >= 0.3 is 0 Å². The number of furan rings is 1. The summed E-state index contributed by atoms with van der Waals surface area (Å²) in [6.45, 7) is 0. The molecule has 7 nitrogen and oxygen atoms in total. The topological polar surface area (TPSA) is 82.8 Å². The van der Waals surface area contributed by atoms with Gasteiger partial charge in [-0.25, -0.2) is 9.37 Å². The fourth-order valence-corrected chi connectivity index (χ4v) is 2.89. The van der Waals surface area contributed by atoms with Gasteiger partial charge in [0.2, 0.25) is 0 Å². The van der Waals surface area contributed by atoms with Gasteiger partial charge in [-0.05, 0) is 31.0 Å². The molecular formula is C17H14FN5O2. The highest BCUT2D eigenvalue weighted by Crippen LogP contribution is 2.38. The molecule has 126 valence electrons. The Hall–Kier alpha value is -3.03. The van der Waals surface area contributed by atoms with E-state index in [9.17, 15) is 4.39 Å². The van der Waals surface area contributed by atoms with Crippen molar-refractivity contribution in [2.24, 2.45) is 7.05 Å². The van der Waals surface area contributed by atoms with Gasteiger partial charge in [0.25, 0.3) is 5.89 Å². The molecule has 3 aromatic heterocycles. The lowest BCUT2D eigenvalue weighted by Crippen LogP contribution is -2.01. The first kappa shape index (κ1) is 14.3. The van der Waals surface area contributed by atoms with Crippen LogP contribution in [0, 0.1) is 5.82 Å². The van der Waals surface area contributed by atoms with Crippen LogP contribution in [0.1, 0.15) is 36.2 Å². The first-order valence-corrected chi connectivity index (χ1v) is 8.07. The largest absolute Gasteiger partial charge is 0.464 e. The van der Waals surface area contributed by atoms with Crippen LogP contribution in [-0.4, -0.2) is 24.9 Å². The van der Waals surface area contributed by atoms with Crippen molar-refractivity contribution in [2.45, 2.75) is 25.2 Å². The zero-order valence-corrected chi connectivity index (χ0v) is 13.4. The number of fused-ring (bicyclic) bond motifs is 1. The highest BCUT2D eigenvalue weighted by atomic mass is 19.1. The van der Waals surface area contributed by atoms with E-state index in [4.69, 9.17) is 8.94 Å². The molecule has 0 N–H and O–H groups in total. The van der Waals surface area contributed by atoms with Crippen LogP contribution >= 0.6 is 0 Å². The number of aromatic nitrogens is 5. The molecule has 0 saturated heterocycles. The standard InChI is InChI=1S/C17H14FN5O2/c1-23-14(20-16(21-23)9-2-3-9)8-13-19-17(25-22-13)12-7-11(18)6-10-4-5-24-15(10)12/h4-7,9H,2-3,8H2,1H3. The fraction of sp³-hybridized carbons (Fsp3) is 0.294. The van der Waals surface area contributed by atoms with Crippen molar-refractivity contribution in [1.29, 1.82) is 0 Å². The Morgan fingerprint density at radius 3 is 3.00 bits per heavy atom. The van der Waals surface area contributed by atoms with Gasteiger partial charge in [-0.3, -0.25) is 4.68 Å². The third-order valence-corrected chi connectivity index (χ3v) is 4.34. The third-order valence-electron chi connectivity index (χ3n) is 4.34. The summed E-state index contributed by atoms with van der Waals surface area (Å²) in [5, 5.41) is 9.07. The van der Waals surface area contributed by atoms with Gasteiger partial charge in [-0.1, -0.05) is 5.16 Å².